The van der Waals surface area contributed by atoms with Gasteiger partial charge < -0.3 is 14.5 Å². The number of ether oxygens (including phenoxy) is 1. The summed E-state index contributed by atoms with van der Waals surface area (Å²) < 4.78 is 11.3. The van der Waals surface area contributed by atoms with Crippen molar-refractivity contribution in [2.75, 3.05) is 11.9 Å². The third kappa shape index (κ3) is 4.15. The zero-order valence-corrected chi connectivity index (χ0v) is 16.7. The van der Waals surface area contributed by atoms with Crippen LogP contribution in [0.2, 0.25) is 5.02 Å². The maximum Gasteiger partial charge on any atom is 0.375 e. The van der Waals surface area contributed by atoms with E-state index in [-0.39, 0.29) is 22.2 Å². The second-order valence-electron chi connectivity index (χ2n) is 5.74. The molecule has 0 fully saturated rings. The molecule has 0 saturated heterocycles. The summed E-state index contributed by atoms with van der Waals surface area (Å²) >= 11 is 9.07. The fourth-order valence-electron chi connectivity index (χ4n) is 2.53. The van der Waals surface area contributed by atoms with Crippen LogP contribution in [0.15, 0.2) is 45.3 Å². The molecule has 0 radical (unpaired) electrons. The number of furan rings is 1. The molecule has 0 atom stereocenters. The largest absolute Gasteiger partial charge is 0.450 e. The van der Waals surface area contributed by atoms with Gasteiger partial charge in [0.25, 0.3) is 11.6 Å². The van der Waals surface area contributed by atoms with Crippen molar-refractivity contribution < 1.29 is 23.7 Å². The first kappa shape index (κ1) is 19.8. The summed E-state index contributed by atoms with van der Waals surface area (Å²) in [6.45, 7) is 1.06. The van der Waals surface area contributed by atoms with Crippen LogP contribution in [0.25, 0.3) is 11.0 Å². The Kier molecular flexibility index (Phi) is 5.66. The standard InChI is InChI=1S/C18H12BrClN2O6/c1-9-12-6-10(19)2-5-15(12)28-17(9)18(24)27-8-16(23)21-13-4-3-11(20)7-14(13)22(25)26/h2-7H,8H2,1H3,(H,21,23). The quantitative estimate of drug-likeness (QED) is 0.326. The summed E-state index contributed by atoms with van der Waals surface area (Å²) in [5, 5.41) is 14.3. The lowest BCUT2D eigenvalue weighted by Crippen LogP contribution is -2.21. The summed E-state index contributed by atoms with van der Waals surface area (Å²) in [7, 11) is 0. The van der Waals surface area contributed by atoms with Gasteiger partial charge in [-0.1, -0.05) is 27.5 Å². The molecule has 3 aromatic rings. The predicted molar refractivity (Wildman–Crippen MR) is 106 cm³/mol. The number of nitro groups is 1. The molecule has 1 aromatic heterocycles. The number of anilines is 1. The van der Waals surface area contributed by atoms with Crippen LogP contribution in [0.5, 0.6) is 0 Å². The maximum absolute atomic E-state index is 12.3. The third-order valence-corrected chi connectivity index (χ3v) is 4.58. The van der Waals surface area contributed by atoms with Gasteiger partial charge in [0.05, 0.1) is 4.92 Å². The highest BCUT2D eigenvalue weighted by Crippen LogP contribution is 2.29. The van der Waals surface area contributed by atoms with Crippen molar-refractivity contribution in [2.24, 2.45) is 0 Å². The Hall–Kier alpha value is -2.91. The van der Waals surface area contributed by atoms with Crippen molar-refractivity contribution in [3.05, 3.63) is 67.3 Å². The number of aryl methyl sites for hydroxylation is 1. The SMILES string of the molecule is Cc1c(C(=O)OCC(=O)Nc2ccc(Cl)cc2[N+](=O)[O-])oc2ccc(Br)cc12. The van der Waals surface area contributed by atoms with Gasteiger partial charge in [0, 0.05) is 26.5 Å². The summed E-state index contributed by atoms with van der Waals surface area (Å²) in [6.07, 6.45) is 0. The summed E-state index contributed by atoms with van der Waals surface area (Å²) in [5.41, 5.74) is 0.662. The Morgan fingerprint density at radius 3 is 2.75 bits per heavy atom. The van der Waals surface area contributed by atoms with Crippen molar-refractivity contribution in [2.45, 2.75) is 6.92 Å². The van der Waals surface area contributed by atoms with E-state index in [1.807, 2.05) is 0 Å². The van der Waals surface area contributed by atoms with Crippen LogP contribution in [0.1, 0.15) is 16.1 Å². The van der Waals surface area contributed by atoms with Crippen LogP contribution in [0, 0.1) is 17.0 Å². The van der Waals surface area contributed by atoms with Gasteiger partial charge in [-0.25, -0.2) is 4.79 Å². The van der Waals surface area contributed by atoms with Gasteiger partial charge >= 0.3 is 5.97 Å². The molecule has 28 heavy (non-hydrogen) atoms. The second-order valence-corrected chi connectivity index (χ2v) is 7.09. The molecule has 3 rings (SSSR count). The Balaban J connectivity index is 1.69. The molecule has 10 heteroatoms. The Morgan fingerprint density at radius 1 is 1.29 bits per heavy atom. The van der Waals surface area contributed by atoms with Crippen LogP contribution in [0.3, 0.4) is 0 Å². The number of halogens is 2. The highest BCUT2D eigenvalue weighted by Gasteiger charge is 2.21. The number of hydrogen-bond donors (Lipinski definition) is 1. The first-order chi connectivity index (χ1) is 13.3. The van der Waals surface area contributed by atoms with Gasteiger partial charge in [-0.15, -0.1) is 0 Å². The minimum atomic E-state index is -0.814. The number of nitro benzene ring substituents is 1. The molecule has 0 aliphatic carbocycles. The van der Waals surface area contributed by atoms with E-state index in [0.717, 1.165) is 15.9 Å². The number of hydrogen-bond acceptors (Lipinski definition) is 6. The molecule has 0 spiro atoms. The van der Waals surface area contributed by atoms with Crippen LogP contribution in [-0.2, 0) is 9.53 Å². The summed E-state index contributed by atoms with van der Waals surface area (Å²) in [5.74, 6) is -1.57. The van der Waals surface area contributed by atoms with E-state index in [2.05, 4.69) is 21.2 Å². The van der Waals surface area contributed by atoms with Crippen LogP contribution in [-0.4, -0.2) is 23.4 Å². The van der Waals surface area contributed by atoms with Gasteiger partial charge in [0.2, 0.25) is 5.76 Å². The van der Waals surface area contributed by atoms with Crippen molar-refractivity contribution in [3.63, 3.8) is 0 Å². The number of fused-ring (bicyclic) bond motifs is 1. The topological polar surface area (TPSA) is 112 Å². The van der Waals surface area contributed by atoms with Crippen LogP contribution in [0.4, 0.5) is 11.4 Å². The van der Waals surface area contributed by atoms with Crippen molar-refractivity contribution in [3.8, 4) is 0 Å². The van der Waals surface area contributed by atoms with Crippen molar-refractivity contribution >= 4 is 61.8 Å². The molecule has 1 amide bonds. The van der Waals surface area contributed by atoms with Gasteiger partial charge in [-0.3, -0.25) is 14.9 Å². The minimum absolute atomic E-state index is 0.0154. The van der Waals surface area contributed by atoms with E-state index in [4.69, 9.17) is 20.8 Å². The van der Waals surface area contributed by atoms with E-state index in [9.17, 15) is 19.7 Å². The number of carbonyl (C=O) groups is 2. The minimum Gasteiger partial charge on any atom is -0.450 e. The molecule has 0 aliphatic rings. The predicted octanol–water partition coefficient (Wildman–Crippen LogP) is 4.86. The smallest absolute Gasteiger partial charge is 0.375 e. The number of esters is 1. The van der Waals surface area contributed by atoms with Gasteiger partial charge in [-0.05, 0) is 37.3 Å². The average molecular weight is 468 g/mol. The molecule has 2 aromatic carbocycles. The number of rotatable bonds is 5. The lowest BCUT2D eigenvalue weighted by molar-refractivity contribution is -0.383. The van der Waals surface area contributed by atoms with Crippen molar-refractivity contribution in [1.29, 1.82) is 0 Å². The first-order valence-corrected chi connectivity index (χ1v) is 9.03. The number of nitrogens with one attached hydrogen (secondary N) is 1. The Bertz CT molecular complexity index is 1110. The van der Waals surface area contributed by atoms with E-state index >= 15 is 0 Å². The molecule has 0 aliphatic heterocycles. The van der Waals surface area contributed by atoms with Gasteiger partial charge in [0.15, 0.2) is 6.61 Å². The average Bonchev–Trinajstić information content (AvgIpc) is 2.97. The molecule has 8 nitrogen and oxygen atoms in total. The zero-order chi connectivity index (χ0) is 20.4. The van der Waals surface area contributed by atoms with E-state index in [0.29, 0.717) is 11.1 Å². The van der Waals surface area contributed by atoms with Gasteiger partial charge in [0.1, 0.15) is 11.3 Å². The number of amides is 1. The summed E-state index contributed by atoms with van der Waals surface area (Å²) in [4.78, 5) is 34.7. The molecule has 1 heterocycles. The lowest BCUT2D eigenvalue weighted by atomic mass is 10.1. The fourth-order valence-corrected chi connectivity index (χ4v) is 3.06. The van der Waals surface area contributed by atoms with Crippen LogP contribution < -0.4 is 5.32 Å². The Morgan fingerprint density at radius 2 is 2.04 bits per heavy atom. The lowest BCUT2D eigenvalue weighted by Gasteiger charge is -2.07. The second kappa shape index (κ2) is 7.99. The number of benzene rings is 2. The normalized spacial score (nSPS) is 10.7. The van der Waals surface area contributed by atoms with E-state index in [1.54, 1.807) is 25.1 Å². The van der Waals surface area contributed by atoms with Crippen molar-refractivity contribution in [1.82, 2.24) is 0 Å². The molecule has 144 valence electrons. The zero-order valence-electron chi connectivity index (χ0n) is 14.3. The molecule has 1 N–H and O–H groups in total. The highest BCUT2D eigenvalue weighted by atomic mass is 79.9. The maximum atomic E-state index is 12.3. The number of carbonyl (C=O) groups excluding carboxylic acids is 2. The van der Waals surface area contributed by atoms with Gasteiger partial charge in [-0.2, -0.15) is 0 Å². The monoisotopic (exact) mass is 466 g/mol. The third-order valence-electron chi connectivity index (χ3n) is 3.85. The first-order valence-electron chi connectivity index (χ1n) is 7.86. The molecule has 0 saturated carbocycles. The molecule has 0 unspecified atom stereocenters. The fraction of sp³-hybridized carbons (Fsp3) is 0.111. The number of nitrogens with zero attached hydrogens (tertiary/aromatic N) is 1. The van der Waals surface area contributed by atoms with E-state index < -0.39 is 23.4 Å². The molecule has 0 bridgehead atoms. The van der Waals surface area contributed by atoms with Crippen LogP contribution >= 0.6 is 27.5 Å². The highest BCUT2D eigenvalue weighted by molar-refractivity contribution is 9.10. The summed E-state index contributed by atoms with van der Waals surface area (Å²) in [6, 6.07) is 9.08. The Labute approximate surface area is 171 Å². The van der Waals surface area contributed by atoms with E-state index in [1.165, 1.54) is 12.1 Å². The molecular weight excluding hydrogens is 456 g/mol. The molecular formula is C18H12BrClN2O6.